The second-order valence-electron chi connectivity index (χ2n) is 3.94. The molecule has 0 radical (unpaired) electrons. The Morgan fingerprint density at radius 3 is 2.95 bits per heavy atom. The predicted octanol–water partition coefficient (Wildman–Crippen LogP) is 0.143. The predicted molar refractivity (Wildman–Crippen MR) is 71.4 cm³/mol. The van der Waals surface area contributed by atoms with Crippen LogP contribution in [0, 0.1) is 5.82 Å². The minimum absolute atomic E-state index is 0.232. The Bertz CT molecular complexity index is 696. The smallest absolute Gasteiger partial charge is 0.290 e. The third-order valence-corrected chi connectivity index (χ3v) is 3.71. The second-order valence-corrected chi connectivity index (χ2v) is 4.88. The zero-order valence-corrected chi connectivity index (χ0v) is 11.3. The van der Waals surface area contributed by atoms with Gasteiger partial charge in [-0.1, -0.05) is 11.8 Å². The minimum atomic E-state index is -0.497. The van der Waals surface area contributed by atoms with Crippen molar-refractivity contribution in [3.05, 3.63) is 45.6 Å². The molecule has 0 aliphatic rings. The van der Waals surface area contributed by atoms with Crippen LogP contribution in [0.1, 0.15) is 15.9 Å². The van der Waals surface area contributed by atoms with Gasteiger partial charge in [0.25, 0.3) is 5.91 Å². The van der Waals surface area contributed by atoms with Gasteiger partial charge in [-0.15, -0.1) is 5.10 Å². The average molecular weight is 297 g/mol. The number of aromatic nitrogens is 3. The third kappa shape index (κ3) is 2.89. The first kappa shape index (κ1) is 14.3. The molecule has 106 valence electrons. The summed E-state index contributed by atoms with van der Waals surface area (Å²) in [5, 5.41) is 6.52. The van der Waals surface area contributed by atoms with E-state index in [-0.39, 0.29) is 17.0 Å². The number of H-pyrrole nitrogens is 1. The van der Waals surface area contributed by atoms with Gasteiger partial charge in [0.05, 0.1) is 0 Å². The number of amides is 1. The van der Waals surface area contributed by atoms with Crippen molar-refractivity contribution in [1.29, 1.82) is 0 Å². The Labute approximate surface area is 117 Å². The van der Waals surface area contributed by atoms with Crippen LogP contribution in [-0.2, 0) is 12.8 Å². The molecule has 0 fully saturated rings. The van der Waals surface area contributed by atoms with E-state index in [1.54, 1.807) is 7.05 Å². The molecule has 0 saturated carbocycles. The summed E-state index contributed by atoms with van der Waals surface area (Å²) in [4.78, 5) is 22.6. The Kier molecular flexibility index (Phi) is 4.20. The quantitative estimate of drug-likeness (QED) is 0.322. The number of rotatable bonds is 4. The third-order valence-electron chi connectivity index (χ3n) is 2.63. The number of halogens is 1. The van der Waals surface area contributed by atoms with E-state index in [4.69, 9.17) is 5.84 Å². The number of benzene rings is 1. The van der Waals surface area contributed by atoms with Crippen LogP contribution in [0.25, 0.3) is 0 Å². The fourth-order valence-corrected chi connectivity index (χ4v) is 2.41. The van der Waals surface area contributed by atoms with E-state index >= 15 is 0 Å². The highest BCUT2D eigenvalue weighted by atomic mass is 32.2. The van der Waals surface area contributed by atoms with Gasteiger partial charge in [0.1, 0.15) is 5.82 Å². The fourth-order valence-electron chi connectivity index (χ4n) is 1.51. The van der Waals surface area contributed by atoms with Gasteiger partial charge in [-0.05, 0) is 23.8 Å². The van der Waals surface area contributed by atoms with E-state index in [9.17, 15) is 14.0 Å². The van der Waals surface area contributed by atoms with Gasteiger partial charge in [-0.25, -0.2) is 20.1 Å². The zero-order valence-electron chi connectivity index (χ0n) is 10.5. The van der Waals surface area contributed by atoms with E-state index in [1.165, 1.54) is 34.5 Å². The molecule has 9 heteroatoms. The Morgan fingerprint density at radius 1 is 1.60 bits per heavy atom. The molecule has 1 amide bonds. The fraction of sp³-hybridized carbons (Fsp3) is 0.182. The van der Waals surface area contributed by atoms with E-state index < -0.39 is 11.7 Å². The van der Waals surface area contributed by atoms with Gasteiger partial charge in [0, 0.05) is 18.4 Å². The van der Waals surface area contributed by atoms with E-state index in [0.29, 0.717) is 10.7 Å². The van der Waals surface area contributed by atoms with Gasteiger partial charge in [0.15, 0.2) is 5.16 Å². The number of nitrogens with one attached hydrogen (secondary N) is 2. The molecule has 7 nitrogen and oxygen atoms in total. The molecule has 0 aliphatic carbocycles. The summed E-state index contributed by atoms with van der Waals surface area (Å²) in [7, 11) is 1.56. The molecular formula is C11H12FN5O2S. The van der Waals surface area contributed by atoms with Crippen LogP contribution in [-0.4, -0.2) is 20.7 Å². The Hall–Kier alpha value is -2.13. The van der Waals surface area contributed by atoms with Crippen molar-refractivity contribution in [2.75, 3.05) is 0 Å². The number of hydrogen-bond donors (Lipinski definition) is 3. The van der Waals surface area contributed by atoms with Crippen molar-refractivity contribution in [2.45, 2.75) is 10.9 Å². The molecule has 2 aromatic rings. The largest absolute Gasteiger partial charge is 0.343 e. The lowest BCUT2D eigenvalue weighted by Crippen LogP contribution is -2.30. The topological polar surface area (TPSA) is 106 Å². The lowest BCUT2D eigenvalue weighted by molar-refractivity contribution is 0.0953. The maximum atomic E-state index is 13.7. The number of hydrogen-bond acceptors (Lipinski definition) is 5. The van der Waals surface area contributed by atoms with Gasteiger partial charge in [-0.3, -0.25) is 14.8 Å². The van der Waals surface area contributed by atoms with Crippen molar-refractivity contribution in [3.8, 4) is 0 Å². The van der Waals surface area contributed by atoms with Gasteiger partial charge >= 0.3 is 5.69 Å². The SMILES string of the molecule is Cn1c(SCc2cc(C(=O)NN)ccc2F)n[nH]c1=O. The summed E-state index contributed by atoms with van der Waals surface area (Å²) in [5.74, 6) is 4.33. The van der Waals surface area contributed by atoms with Crippen LogP contribution in [0.3, 0.4) is 0 Å². The summed E-state index contributed by atoms with van der Waals surface area (Å²) >= 11 is 1.18. The normalized spacial score (nSPS) is 10.6. The molecule has 2 rings (SSSR count). The monoisotopic (exact) mass is 297 g/mol. The molecular weight excluding hydrogens is 285 g/mol. The standard InChI is InChI=1S/C11H12FN5O2S/c1-17-10(19)15-16-11(17)20-5-7-4-6(9(18)14-13)2-3-8(7)12/h2-4H,5,13H2,1H3,(H,14,18)(H,15,19). The molecule has 1 aromatic heterocycles. The number of nitrogens with two attached hydrogens (primary N) is 1. The van der Waals surface area contributed by atoms with Crippen LogP contribution in [0.4, 0.5) is 4.39 Å². The lowest BCUT2D eigenvalue weighted by Gasteiger charge is -2.05. The van der Waals surface area contributed by atoms with Crippen molar-refractivity contribution in [2.24, 2.45) is 12.9 Å². The van der Waals surface area contributed by atoms with Crippen LogP contribution in [0.2, 0.25) is 0 Å². The van der Waals surface area contributed by atoms with Crippen molar-refractivity contribution in [1.82, 2.24) is 20.2 Å². The minimum Gasteiger partial charge on any atom is -0.290 e. The van der Waals surface area contributed by atoms with Crippen LogP contribution >= 0.6 is 11.8 Å². The summed E-state index contributed by atoms with van der Waals surface area (Å²) in [6.07, 6.45) is 0. The summed E-state index contributed by atoms with van der Waals surface area (Å²) < 4.78 is 15.0. The highest BCUT2D eigenvalue weighted by molar-refractivity contribution is 7.98. The average Bonchev–Trinajstić information content (AvgIpc) is 2.77. The zero-order chi connectivity index (χ0) is 14.7. The molecule has 20 heavy (non-hydrogen) atoms. The van der Waals surface area contributed by atoms with Crippen LogP contribution in [0.5, 0.6) is 0 Å². The first-order valence-corrected chi connectivity index (χ1v) is 6.55. The van der Waals surface area contributed by atoms with E-state index in [0.717, 1.165) is 0 Å². The second kappa shape index (κ2) is 5.88. The van der Waals surface area contributed by atoms with Crippen molar-refractivity contribution in [3.63, 3.8) is 0 Å². The number of nitrogen functional groups attached to an aromatic ring is 1. The van der Waals surface area contributed by atoms with E-state index in [2.05, 4.69) is 10.2 Å². The highest BCUT2D eigenvalue weighted by Gasteiger charge is 2.11. The highest BCUT2D eigenvalue weighted by Crippen LogP contribution is 2.22. The van der Waals surface area contributed by atoms with Gasteiger partial charge in [0.2, 0.25) is 0 Å². The van der Waals surface area contributed by atoms with E-state index in [1.807, 2.05) is 5.43 Å². The summed E-state index contributed by atoms with van der Waals surface area (Å²) in [6.45, 7) is 0. The lowest BCUT2D eigenvalue weighted by atomic mass is 10.1. The summed E-state index contributed by atoms with van der Waals surface area (Å²) in [6, 6.07) is 3.95. The number of nitrogens with zero attached hydrogens (tertiary/aromatic N) is 2. The first-order chi connectivity index (χ1) is 9.52. The molecule has 4 N–H and O–H groups in total. The molecule has 0 atom stereocenters. The van der Waals surface area contributed by atoms with Crippen LogP contribution < -0.4 is 17.0 Å². The van der Waals surface area contributed by atoms with Crippen LogP contribution in [0.15, 0.2) is 28.2 Å². The number of carbonyl (C=O) groups is 1. The molecule has 0 aliphatic heterocycles. The molecule has 0 unspecified atom stereocenters. The Balaban J connectivity index is 2.18. The Morgan fingerprint density at radius 2 is 2.35 bits per heavy atom. The number of aromatic amines is 1. The number of thioether (sulfide) groups is 1. The first-order valence-electron chi connectivity index (χ1n) is 5.56. The molecule has 0 spiro atoms. The molecule has 1 aromatic carbocycles. The van der Waals surface area contributed by atoms with Gasteiger partial charge in [-0.2, -0.15) is 0 Å². The number of hydrazine groups is 1. The maximum Gasteiger partial charge on any atom is 0.343 e. The molecule has 1 heterocycles. The summed E-state index contributed by atoms with van der Waals surface area (Å²) in [5.41, 5.74) is 2.23. The van der Waals surface area contributed by atoms with Gasteiger partial charge < -0.3 is 0 Å². The van der Waals surface area contributed by atoms with Crippen molar-refractivity contribution >= 4 is 17.7 Å². The number of carbonyl (C=O) groups excluding carboxylic acids is 1. The van der Waals surface area contributed by atoms with Crippen molar-refractivity contribution < 1.29 is 9.18 Å². The molecule has 0 bridgehead atoms. The molecule has 0 saturated heterocycles. The maximum absolute atomic E-state index is 13.7.